The van der Waals surface area contributed by atoms with E-state index in [2.05, 4.69) is 10.3 Å². The topological polar surface area (TPSA) is 76.4 Å². The zero-order chi connectivity index (χ0) is 12.8. The lowest BCUT2D eigenvalue weighted by Crippen LogP contribution is -2.30. The van der Waals surface area contributed by atoms with Crippen LogP contribution in [0.2, 0.25) is 0 Å². The zero-order valence-electron chi connectivity index (χ0n) is 10.4. The maximum Gasteiger partial charge on any atom is 0.293 e. The number of ether oxygens (including phenoxy) is 1. The highest BCUT2D eigenvalue weighted by atomic mass is 16.5. The predicted octanol–water partition coefficient (Wildman–Crippen LogP) is 0.243. The normalized spacial score (nSPS) is 12.8. The molecule has 1 atom stereocenters. The maximum atomic E-state index is 11.9. The molecule has 96 valence electrons. The van der Waals surface area contributed by atoms with Gasteiger partial charge in [-0.3, -0.25) is 4.79 Å². The zero-order valence-corrected chi connectivity index (χ0v) is 10.4. The lowest BCUT2D eigenvalue weighted by Gasteiger charge is -2.13. The average molecular weight is 241 g/mol. The van der Waals surface area contributed by atoms with Gasteiger partial charge in [-0.05, 0) is 13.8 Å². The van der Waals surface area contributed by atoms with Gasteiger partial charge in [0.15, 0.2) is 5.82 Å². The van der Waals surface area contributed by atoms with Crippen molar-refractivity contribution in [2.45, 2.75) is 26.0 Å². The smallest absolute Gasteiger partial charge is 0.293 e. The summed E-state index contributed by atoms with van der Waals surface area (Å²) in [5.41, 5.74) is -0.188. The predicted molar refractivity (Wildman–Crippen MR) is 65.3 cm³/mol. The molecule has 0 aliphatic heterocycles. The van der Waals surface area contributed by atoms with Gasteiger partial charge in [-0.2, -0.15) is 0 Å². The molecule has 17 heavy (non-hydrogen) atoms. The summed E-state index contributed by atoms with van der Waals surface area (Å²) in [5.74, 6) is 0.247. The lowest BCUT2D eigenvalue weighted by molar-refractivity contribution is 0.0727. The van der Waals surface area contributed by atoms with Crippen molar-refractivity contribution in [3.8, 4) is 0 Å². The highest BCUT2D eigenvalue weighted by Gasteiger charge is 2.09. The second kappa shape index (κ2) is 6.36. The first kappa shape index (κ1) is 13.7. The van der Waals surface area contributed by atoms with Crippen molar-refractivity contribution in [2.24, 2.45) is 0 Å². The number of aliphatic hydroxyl groups excluding tert-OH is 1. The van der Waals surface area contributed by atoms with E-state index in [4.69, 9.17) is 4.74 Å². The van der Waals surface area contributed by atoms with Gasteiger partial charge in [0, 0.05) is 32.1 Å². The number of nitrogens with zero attached hydrogens (tertiary/aromatic N) is 2. The molecular weight excluding hydrogens is 222 g/mol. The largest absolute Gasteiger partial charge is 0.389 e. The molecule has 0 radical (unpaired) electrons. The first-order chi connectivity index (χ1) is 8.06. The van der Waals surface area contributed by atoms with Crippen LogP contribution in [0.4, 0.5) is 5.82 Å². The van der Waals surface area contributed by atoms with Crippen LogP contribution < -0.4 is 10.9 Å². The third-order valence-corrected chi connectivity index (χ3v) is 2.29. The SMILES string of the molecule is COCC(O)CNc1nccn(C(C)C)c1=O. The molecule has 6 nitrogen and oxygen atoms in total. The molecular formula is C11H19N3O3. The number of hydrogen-bond donors (Lipinski definition) is 2. The third kappa shape index (κ3) is 3.83. The van der Waals surface area contributed by atoms with E-state index in [0.717, 1.165) is 0 Å². The summed E-state index contributed by atoms with van der Waals surface area (Å²) in [6, 6.07) is 0.0787. The molecule has 1 heterocycles. The van der Waals surface area contributed by atoms with Gasteiger partial charge in [-0.15, -0.1) is 0 Å². The fourth-order valence-electron chi connectivity index (χ4n) is 1.42. The molecule has 1 rings (SSSR count). The Morgan fingerprint density at radius 2 is 2.29 bits per heavy atom. The quantitative estimate of drug-likeness (QED) is 0.746. The molecule has 0 amide bonds. The molecule has 0 bridgehead atoms. The summed E-state index contributed by atoms with van der Waals surface area (Å²) in [5, 5.41) is 12.3. The van der Waals surface area contributed by atoms with E-state index < -0.39 is 6.10 Å². The summed E-state index contributed by atoms with van der Waals surface area (Å²) in [6.45, 7) is 4.30. The fraction of sp³-hybridized carbons (Fsp3) is 0.636. The highest BCUT2D eigenvalue weighted by molar-refractivity contribution is 5.30. The number of hydrogen-bond acceptors (Lipinski definition) is 5. The number of rotatable bonds is 6. The van der Waals surface area contributed by atoms with Crippen molar-refractivity contribution in [3.63, 3.8) is 0 Å². The Balaban J connectivity index is 2.72. The van der Waals surface area contributed by atoms with E-state index in [9.17, 15) is 9.90 Å². The van der Waals surface area contributed by atoms with Crippen LogP contribution in [0.25, 0.3) is 0 Å². The van der Waals surface area contributed by atoms with Gasteiger partial charge in [0.25, 0.3) is 5.56 Å². The van der Waals surface area contributed by atoms with Gasteiger partial charge < -0.3 is 19.7 Å². The minimum absolute atomic E-state index is 0.0787. The molecule has 1 aromatic heterocycles. The fourth-order valence-corrected chi connectivity index (χ4v) is 1.42. The van der Waals surface area contributed by atoms with Gasteiger partial charge in [0.05, 0.1) is 12.7 Å². The molecule has 0 fully saturated rings. The van der Waals surface area contributed by atoms with Crippen LogP contribution in [0, 0.1) is 0 Å². The van der Waals surface area contributed by atoms with Crippen molar-refractivity contribution in [2.75, 3.05) is 25.6 Å². The van der Waals surface area contributed by atoms with Crippen LogP contribution in [0.15, 0.2) is 17.2 Å². The first-order valence-corrected chi connectivity index (χ1v) is 5.54. The van der Waals surface area contributed by atoms with Gasteiger partial charge in [-0.1, -0.05) is 0 Å². The van der Waals surface area contributed by atoms with E-state index in [1.807, 2.05) is 13.8 Å². The molecule has 2 N–H and O–H groups in total. The van der Waals surface area contributed by atoms with E-state index in [-0.39, 0.29) is 30.6 Å². The number of nitrogens with one attached hydrogen (secondary N) is 1. The van der Waals surface area contributed by atoms with Crippen molar-refractivity contribution in [1.29, 1.82) is 0 Å². The van der Waals surface area contributed by atoms with Gasteiger partial charge in [0.2, 0.25) is 0 Å². The van der Waals surface area contributed by atoms with Crippen LogP contribution in [-0.2, 0) is 4.74 Å². The molecule has 1 unspecified atom stereocenters. The second-order valence-corrected chi connectivity index (χ2v) is 4.07. The monoisotopic (exact) mass is 241 g/mol. The van der Waals surface area contributed by atoms with Crippen LogP contribution in [0.5, 0.6) is 0 Å². The number of anilines is 1. The number of aromatic nitrogens is 2. The third-order valence-electron chi connectivity index (χ3n) is 2.29. The molecule has 0 spiro atoms. The van der Waals surface area contributed by atoms with E-state index in [1.165, 1.54) is 7.11 Å². The Kier molecular flexibility index (Phi) is 5.11. The molecule has 0 saturated heterocycles. The Labute approximate surface area is 100 Å². The molecule has 1 aromatic rings. The summed E-state index contributed by atoms with van der Waals surface area (Å²) in [7, 11) is 1.51. The molecule has 6 heteroatoms. The minimum Gasteiger partial charge on any atom is -0.389 e. The summed E-state index contributed by atoms with van der Waals surface area (Å²) >= 11 is 0. The first-order valence-electron chi connectivity index (χ1n) is 5.54. The van der Waals surface area contributed by atoms with Gasteiger partial charge in [-0.25, -0.2) is 4.98 Å². The average Bonchev–Trinajstić information content (AvgIpc) is 2.27. The molecule has 0 aliphatic rings. The van der Waals surface area contributed by atoms with E-state index >= 15 is 0 Å². The summed E-state index contributed by atoms with van der Waals surface area (Å²) in [4.78, 5) is 15.9. The van der Waals surface area contributed by atoms with Gasteiger partial charge >= 0.3 is 0 Å². The van der Waals surface area contributed by atoms with E-state index in [0.29, 0.717) is 0 Å². The van der Waals surface area contributed by atoms with Crippen molar-refractivity contribution >= 4 is 5.82 Å². The second-order valence-electron chi connectivity index (χ2n) is 4.07. The van der Waals surface area contributed by atoms with Crippen LogP contribution in [0.3, 0.4) is 0 Å². The summed E-state index contributed by atoms with van der Waals surface area (Å²) in [6.07, 6.45) is 2.55. The Morgan fingerprint density at radius 3 is 2.88 bits per heavy atom. The number of aliphatic hydroxyl groups is 1. The van der Waals surface area contributed by atoms with Gasteiger partial charge in [0.1, 0.15) is 0 Å². The Hall–Kier alpha value is -1.40. The summed E-state index contributed by atoms with van der Waals surface area (Å²) < 4.78 is 6.37. The minimum atomic E-state index is -0.658. The molecule has 0 aliphatic carbocycles. The lowest BCUT2D eigenvalue weighted by atomic mass is 10.3. The van der Waals surface area contributed by atoms with E-state index in [1.54, 1.807) is 17.0 Å². The maximum absolute atomic E-state index is 11.9. The highest BCUT2D eigenvalue weighted by Crippen LogP contribution is 2.01. The standard InChI is InChI=1S/C11H19N3O3/c1-8(2)14-5-4-12-10(11(14)16)13-6-9(15)7-17-3/h4-5,8-9,15H,6-7H2,1-3H3,(H,12,13). The van der Waals surface area contributed by atoms with Crippen LogP contribution >= 0.6 is 0 Å². The Morgan fingerprint density at radius 1 is 1.59 bits per heavy atom. The van der Waals surface area contributed by atoms with Crippen molar-refractivity contribution in [3.05, 3.63) is 22.7 Å². The molecule has 0 aromatic carbocycles. The van der Waals surface area contributed by atoms with Crippen LogP contribution in [0.1, 0.15) is 19.9 Å². The van der Waals surface area contributed by atoms with Crippen LogP contribution in [-0.4, -0.2) is 41.0 Å². The van der Waals surface area contributed by atoms with Crippen molar-refractivity contribution < 1.29 is 9.84 Å². The number of methoxy groups -OCH3 is 1. The molecule has 0 saturated carbocycles. The Bertz CT molecular complexity index is 403. The van der Waals surface area contributed by atoms with Crippen molar-refractivity contribution in [1.82, 2.24) is 9.55 Å².